The maximum Gasteiger partial charge on any atom is 0.573 e. The molecule has 0 aliphatic rings. The van der Waals surface area contributed by atoms with E-state index in [2.05, 4.69) is 14.5 Å². The van der Waals surface area contributed by atoms with Crippen LogP contribution in [0.1, 0.15) is 17.7 Å². The molecule has 0 unspecified atom stereocenters. The predicted molar refractivity (Wildman–Crippen MR) is 48.4 cm³/mol. The minimum Gasteiger partial charge on any atom is -0.481 e. The summed E-state index contributed by atoms with van der Waals surface area (Å²) in [5.74, 6) is -1.55. The van der Waals surface area contributed by atoms with E-state index in [1.165, 1.54) is 0 Å². The van der Waals surface area contributed by atoms with E-state index < -0.39 is 36.4 Å². The number of aromatic nitrogens is 1. The number of aliphatic hydroxyl groups excluding tert-OH is 1. The highest BCUT2D eigenvalue weighted by molar-refractivity contribution is 5.41. The number of ether oxygens (including phenoxy) is 2. The smallest absolute Gasteiger partial charge is 0.481 e. The van der Waals surface area contributed by atoms with Gasteiger partial charge in [-0.15, -0.1) is 13.2 Å². The molecule has 0 spiro atoms. The molecule has 0 aromatic carbocycles. The first kappa shape index (κ1) is 14.4. The Balaban J connectivity index is 3.35. The number of pyridine rings is 1. The minimum absolute atomic E-state index is 0.344. The summed E-state index contributed by atoms with van der Waals surface area (Å²) in [7, 11) is 1.10. The average molecular weight is 273 g/mol. The normalized spacial score (nSPS) is 11.8. The van der Waals surface area contributed by atoms with Crippen LogP contribution in [0.4, 0.5) is 22.0 Å². The average Bonchev–Trinajstić information content (AvgIpc) is 2.26. The number of methoxy groups -OCH3 is 1. The van der Waals surface area contributed by atoms with Crippen LogP contribution in [0.5, 0.6) is 11.6 Å². The van der Waals surface area contributed by atoms with Crippen LogP contribution < -0.4 is 9.47 Å². The maximum absolute atomic E-state index is 12.6. The van der Waals surface area contributed by atoms with Gasteiger partial charge >= 0.3 is 6.36 Å². The Bertz CT molecular complexity index is 421. The lowest BCUT2D eigenvalue weighted by Gasteiger charge is -2.16. The molecule has 1 heterocycles. The molecule has 1 aromatic rings. The number of alkyl halides is 5. The molecular formula is C9H8F5NO3. The highest BCUT2D eigenvalue weighted by Gasteiger charge is 2.35. The molecule has 0 radical (unpaired) electrons. The molecule has 1 aromatic heterocycles. The molecule has 0 saturated carbocycles. The maximum atomic E-state index is 12.6. The molecule has 0 atom stereocenters. The van der Waals surface area contributed by atoms with Gasteiger partial charge in [-0.3, -0.25) is 0 Å². The standard InChI is InChI=1S/C9H8F5NO3/c1-17-5-2-4(3-16)7(18-9(12,13)14)6(15-5)8(10)11/h2,8,16H,3H2,1H3. The van der Waals surface area contributed by atoms with Crippen LogP contribution in [-0.2, 0) is 6.61 Å². The van der Waals surface area contributed by atoms with Crippen LogP contribution in [0.3, 0.4) is 0 Å². The van der Waals surface area contributed by atoms with Gasteiger partial charge in [0.1, 0.15) is 0 Å². The second-order valence-corrected chi connectivity index (χ2v) is 3.04. The van der Waals surface area contributed by atoms with E-state index in [4.69, 9.17) is 5.11 Å². The Kier molecular flexibility index (Phi) is 4.28. The van der Waals surface area contributed by atoms with Gasteiger partial charge < -0.3 is 14.6 Å². The zero-order chi connectivity index (χ0) is 13.9. The van der Waals surface area contributed by atoms with Crippen molar-refractivity contribution in [2.45, 2.75) is 19.4 Å². The molecule has 4 nitrogen and oxygen atoms in total. The van der Waals surface area contributed by atoms with Crippen molar-refractivity contribution < 1.29 is 36.5 Å². The summed E-state index contributed by atoms with van der Waals surface area (Å²) in [5.41, 5.74) is -1.73. The van der Waals surface area contributed by atoms with E-state index in [1.807, 2.05) is 0 Å². The van der Waals surface area contributed by atoms with E-state index in [-0.39, 0.29) is 5.88 Å². The number of halogens is 5. The number of nitrogens with zero attached hydrogens (tertiary/aromatic N) is 1. The quantitative estimate of drug-likeness (QED) is 0.856. The van der Waals surface area contributed by atoms with Crippen molar-refractivity contribution in [3.05, 3.63) is 17.3 Å². The van der Waals surface area contributed by atoms with Crippen LogP contribution in [0.25, 0.3) is 0 Å². The SMILES string of the molecule is COc1cc(CO)c(OC(F)(F)F)c(C(F)F)n1. The summed E-state index contributed by atoms with van der Waals surface area (Å²) in [6, 6.07) is 0.882. The minimum atomic E-state index is -5.16. The number of hydrogen-bond acceptors (Lipinski definition) is 4. The first-order valence-corrected chi connectivity index (χ1v) is 4.51. The zero-order valence-electron chi connectivity index (χ0n) is 8.96. The van der Waals surface area contributed by atoms with E-state index in [0.29, 0.717) is 0 Å². The van der Waals surface area contributed by atoms with Crippen LogP contribution in [0.2, 0.25) is 0 Å². The Morgan fingerprint density at radius 1 is 1.39 bits per heavy atom. The van der Waals surface area contributed by atoms with Crippen molar-refractivity contribution in [1.29, 1.82) is 0 Å². The van der Waals surface area contributed by atoms with E-state index in [1.54, 1.807) is 0 Å². The molecule has 0 fully saturated rings. The van der Waals surface area contributed by atoms with Crippen LogP contribution in [-0.4, -0.2) is 23.6 Å². The second kappa shape index (κ2) is 5.34. The van der Waals surface area contributed by atoms with Gasteiger partial charge in [0, 0.05) is 11.6 Å². The lowest BCUT2D eigenvalue weighted by molar-refractivity contribution is -0.275. The molecule has 102 valence electrons. The summed E-state index contributed by atoms with van der Waals surface area (Å²) < 4.78 is 69.4. The first-order chi connectivity index (χ1) is 8.28. The van der Waals surface area contributed by atoms with Crippen molar-refractivity contribution in [2.75, 3.05) is 7.11 Å². The van der Waals surface area contributed by atoms with Gasteiger partial charge in [0.2, 0.25) is 5.88 Å². The molecule has 0 amide bonds. The third kappa shape index (κ3) is 3.42. The van der Waals surface area contributed by atoms with E-state index in [0.717, 1.165) is 13.2 Å². The van der Waals surface area contributed by atoms with Gasteiger partial charge in [0.25, 0.3) is 6.43 Å². The van der Waals surface area contributed by atoms with Crippen LogP contribution in [0, 0.1) is 0 Å². The fourth-order valence-electron chi connectivity index (χ4n) is 1.18. The number of rotatable bonds is 4. The van der Waals surface area contributed by atoms with E-state index >= 15 is 0 Å². The molecular weight excluding hydrogens is 265 g/mol. The Hall–Kier alpha value is -1.64. The second-order valence-electron chi connectivity index (χ2n) is 3.04. The van der Waals surface area contributed by atoms with Crippen LogP contribution in [0.15, 0.2) is 6.07 Å². The largest absolute Gasteiger partial charge is 0.573 e. The third-order valence-electron chi connectivity index (χ3n) is 1.86. The van der Waals surface area contributed by atoms with Crippen LogP contribution >= 0.6 is 0 Å². The highest BCUT2D eigenvalue weighted by Crippen LogP contribution is 2.36. The number of hydrogen-bond donors (Lipinski definition) is 1. The first-order valence-electron chi connectivity index (χ1n) is 4.51. The fourth-order valence-corrected chi connectivity index (χ4v) is 1.18. The zero-order valence-corrected chi connectivity index (χ0v) is 8.96. The van der Waals surface area contributed by atoms with Gasteiger partial charge in [0.05, 0.1) is 13.7 Å². The Morgan fingerprint density at radius 3 is 2.39 bits per heavy atom. The molecule has 0 aliphatic heterocycles. The summed E-state index contributed by atoms with van der Waals surface area (Å²) in [6.45, 7) is -0.927. The fraction of sp³-hybridized carbons (Fsp3) is 0.444. The molecule has 0 saturated heterocycles. The van der Waals surface area contributed by atoms with Gasteiger partial charge in [-0.05, 0) is 0 Å². The molecule has 18 heavy (non-hydrogen) atoms. The summed E-state index contributed by atoms with van der Waals surface area (Å²) in [4.78, 5) is 3.18. The van der Waals surface area contributed by atoms with Gasteiger partial charge in [-0.2, -0.15) is 0 Å². The van der Waals surface area contributed by atoms with Crippen molar-refractivity contribution in [3.63, 3.8) is 0 Å². The van der Waals surface area contributed by atoms with Gasteiger partial charge in [0.15, 0.2) is 11.4 Å². The number of aliphatic hydroxyl groups is 1. The van der Waals surface area contributed by atoms with E-state index in [9.17, 15) is 22.0 Å². The van der Waals surface area contributed by atoms with Gasteiger partial charge in [-0.25, -0.2) is 13.8 Å². The summed E-state index contributed by atoms with van der Waals surface area (Å²) in [6.07, 6.45) is -8.47. The summed E-state index contributed by atoms with van der Waals surface area (Å²) >= 11 is 0. The molecule has 1 N–H and O–H groups in total. The predicted octanol–water partition coefficient (Wildman–Crippen LogP) is 2.42. The van der Waals surface area contributed by atoms with Crippen molar-refractivity contribution in [2.24, 2.45) is 0 Å². The monoisotopic (exact) mass is 273 g/mol. The van der Waals surface area contributed by atoms with Crippen molar-refractivity contribution >= 4 is 0 Å². The molecule has 9 heteroatoms. The topological polar surface area (TPSA) is 51.6 Å². The third-order valence-corrected chi connectivity index (χ3v) is 1.86. The Morgan fingerprint density at radius 2 is 2.00 bits per heavy atom. The Labute approximate surface area is 98.0 Å². The summed E-state index contributed by atoms with van der Waals surface area (Å²) in [5, 5.41) is 8.87. The van der Waals surface area contributed by atoms with Gasteiger partial charge in [-0.1, -0.05) is 0 Å². The van der Waals surface area contributed by atoms with Crippen molar-refractivity contribution in [3.8, 4) is 11.6 Å². The molecule has 1 rings (SSSR count). The molecule has 0 bridgehead atoms. The lowest BCUT2D eigenvalue weighted by Crippen LogP contribution is -2.20. The molecule has 0 aliphatic carbocycles. The highest BCUT2D eigenvalue weighted by atomic mass is 19.4. The lowest BCUT2D eigenvalue weighted by atomic mass is 10.2. The van der Waals surface area contributed by atoms with Crippen molar-refractivity contribution in [1.82, 2.24) is 4.98 Å².